The molecule has 3 aliphatic rings. The van der Waals surface area contributed by atoms with Crippen molar-refractivity contribution in [3.05, 3.63) is 35.4 Å². The molecule has 1 unspecified atom stereocenters. The number of aromatic nitrogens is 2. The van der Waals surface area contributed by atoms with E-state index in [-0.39, 0.29) is 12.1 Å². The molecule has 22 heavy (non-hydrogen) atoms. The van der Waals surface area contributed by atoms with E-state index in [1.54, 1.807) is 12.4 Å². The summed E-state index contributed by atoms with van der Waals surface area (Å²) < 4.78 is 11.9. The first-order chi connectivity index (χ1) is 10.6. The van der Waals surface area contributed by atoms with Crippen LogP contribution in [0, 0.1) is 18.8 Å². The van der Waals surface area contributed by atoms with Crippen LogP contribution in [-0.2, 0) is 20.9 Å². The molecule has 5 heteroatoms. The predicted octanol–water partition coefficient (Wildman–Crippen LogP) is 2.34. The predicted molar refractivity (Wildman–Crippen MR) is 78.8 cm³/mol. The van der Waals surface area contributed by atoms with Crippen LogP contribution in [0.25, 0.3) is 0 Å². The number of hydrogen-bond acceptors (Lipinski definition) is 5. The maximum Gasteiger partial charge on any atom is 0.337 e. The van der Waals surface area contributed by atoms with Crippen molar-refractivity contribution in [3.8, 4) is 0 Å². The number of carbonyl (C=O) groups excluding carboxylic acids is 1. The molecule has 1 saturated heterocycles. The smallest absolute Gasteiger partial charge is 0.337 e. The second-order valence-corrected chi connectivity index (χ2v) is 6.69. The molecule has 4 atom stereocenters. The highest BCUT2D eigenvalue weighted by Gasteiger charge is 2.63. The zero-order valence-electron chi connectivity index (χ0n) is 12.9. The van der Waals surface area contributed by atoms with Crippen LogP contribution in [-0.4, -0.2) is 27.6 Å². The molecular formula is C17H20N2O3. The molecule has 5 nitrogen and oxygen atoms in total. The number of carbonyl (C=O) groups is 1. The van der Waals surface area contributed by atoms with Crippen LogP contribution in [0.2, 0.25) is 0 Å². The Labute approximate surface area is 129 Å². The van der Waals surface area contributed by atoms with Gasteiger partial charge >= 0.3 is 5.97 Å². The van der Waals surface area contributed by atoms with E-state index in [1.165, 1.54) is 0 Å². The topological polar surface area (TPSA) is 61.3 Å². The first-order valence-electron chi connectivity index (χ1n) is 7.94. The van der Waals surface area contributed by atoms with Gasteiger partial charge in [-0.25, -0.2) is 4.79 Å². The van der Waals surface area contributed by atoms with Crippen molar-refractivity contribution in [3.63, 3.8) is 0 Å². The van der Waals surface area contributed by atoms with Crippen LogP contribution in [0.5, 0.6) is 0 Å². The number of aryl methyl sites for hydroxylation is 1. The second kappa shape index (κ2) is 4.88. The molecule has 1 aromatic heterocycles. The molecule has 0 bridgehead atoms. The van der Waals surface area contributed by atoms with Gasteiger partial charge in [-0.2, -0.15) is 0 Å². The summed E-state index contributed by atoms with van der Waals surface area (Å²) in [5.41, 5.74) is 1.85. The molecule has 0 spiro atoms. The van der Waals surface area contributed by atoms with Crippen molar-refractivity contribution in [2.45, 2.75) is 51.4 Å². The van der Waals surface area contributed by atoms with Gasteiger partial charge in [-0.1, -0.05) is 13.0 Å². The van der Waals surface area contributed by atoms with Crippen molar-refractivity contribution < 1.29 is 14.3 Å². The Balaban J connectivity index is 1.64. The van der Waals surface area contributed by atoms with E-state index in [9.17, 15) is 4.79 Å². The largest absolute Gasteiger partial charge is 0.455 e. The number of esters is 1. The highest BCUT2D eigenvalue weighted by atomic mass is 16.6. The van der Waals surface area contributed by atoms with Crippen molar-refractivity contribution in [2.24, 2.45) is 11.8 Å². The second-order valence-electron chi connectivity index (χ2n) is 6.69. The van der Waals surface area contributed by atoms with Crippen molar-refractivity contribution in [1.82, 2.24) is 9.97 Å². The molecular weight excluding hydrogens is 280 g/mol. The fourth-order valence-corrected chi connectivity index (χ4v) is 4.20. The Morgan fingerprint density at radius 3 is 3.00 bits per heavy atom. The Hall–Kier alpha value is -1.75. The SMILES string of the molecule is Cc1cnc(CO[C@]23C4=C[C@@H](C)CC2CC[C@H]3OC4=O)cn1. The average molecular weight is 300 g/mol. The molecule has 0 aromatic carbocycles. The lowest BCUT2D eigenvalue weighted by Crippen LogP contribution is -2.46. The Kier molecular flexibility index (Phi) is 3.08. The van der Waals surface area contributed by atoms with Gasteiger partial charge < -0.3 is 9.47 Å². The number of hydrogen-bond donors (Lipinski definition) is 0. The summed E-state index contributed by atoms with van der Waals surface area (Å²) in [6.45, 7) is 4.42. The number of rotatable bonds is 3. The lowest BCUT2D eigenvalue weighted by atomic mass is 9.73. The molecule has 1 aliphatic heterocycles. The van der Waals surface area contributed by atoms with Crippen LogP contribution in [0.4, 0.5) is 0 Å². The van der Waals surface area contributed by atoms with Crippen molar-refractivity contribution in [1.29, 1.82) is 0 Å². The summed E-state index contributed by atoms with van der Waals surface area (Å²) in [4.78, 5) is 20.8. The van der Waals surface area contributed by atoms with Gasteiger partial charge in [0.1, 0.15) is 11.7 Å². The standard InChI is InChI=1S/C17H20N2O3/c1-10-5-12-3-4-15-17(12,14(6-10)16(20)22-15)21-9-13-8-18-11(2)7-19-13/h6-8,10,12,15H,3-5,9H2,1-2H3/t10-,12?,15+,17-/m0/s1. The minimum Gasteiger partial charge on any atom is -0.455 e. The van der Waals surface area contributed by atoms with Gasteiger partial charge in [-0.3, -0.25) is 9.97 Å². The maximum absolute atomic E-state index is 12.2. The summed E-state index contributed by atoms with van der Waals surface area (Å²) in [5.74, 6) is 0.564. The van der Waals surface area contributed by atoms with Crippen LogP contribution < -0.4 is 0 Å². The number of ether oxygens (including phenoxy) is 2. The molecule has 1 aromatic rings. The van der Waals surface area contributed by atoms with E-state index >= 15 is 0 Å². The third kappa shape index (κ3) is 1.92. The van der Waals surface area contributed by atoms with E-state index in [2.05, 4.69) is 16.9 Å². The monoisotopic (exact) mass is 300 g/mol. The first-order valence-corrected chi connectivity index (χ1v) is 7.94. The minimum absolute atomic E-state index is 0.137. The summed E-state index contributed by atoms with van der Waals surface area (Å²) in [7, 11) is 0. The number of allylic oxidation sites excluding steroid dienone is 1. The zero-order valence-corrected chi connectivity index (χ0v) is 12.9. The van der Waals surface area contributed by atoms with E-state index in [1.807, 2.05) is 13.0 Å². The van der Waals surface area contributed by atoms with Crippen LogP contribution >= 0.6 is 0 Å². The fourth-order valence-electron chi connectivity index (χ4n) is 4.20. The van der Waals surface area contributed by atoms with Gasteiger partial charge in [0.05, 0.1) is 29.8 Å². The zero-order chi connectivity index (χ0) is 15.3. The first kappa shape index (κ1) is 13.9. The lowest BCUT2D eigenvalue weighted by molar-refractivity contribution is -0.142. The van der Waals surface area contributed by atoms with Gasteiger partial charge in [-0.05, 0) is 38.0 Å². The van der Waals surface area contributed by atoms with Crippen molar-refractivity contribution in [2.75, 3.05) is 0 Å². The van der Waals surface area contributed by atoms with Gasteiger partial charge in [0, 0.05) is 6.20 Å². The maximum atomic E-state index is 12.2. The van der Waals surface area contributed by atoms with Crippen LogP contribution in [0.1, 0.15) is 37.6 Å². The normalized spacial score (nSPS) is 36.0. The van der Waals surface area contributed by atoms with Crippen LogP contribution in [0.15, 0.2) is 24.0 Å². The van der Waals surface area contributed by atoms with E-state index < -0.39 is 5.60 Å². The molecule has 2 heterocycles. The molecule has 0 N–H and O–H groups in total. The molecule has 2 aliphatic carbocycles. The Morgan fingerprint density at radius 2 is 2.23 bits per heavy atom. The summed E-state index contributed by atoms with van der Waals surface area (Å²) in [6.07, 6.45) is 8.38. The van der Waals surface area contributed by atoms with Crippen LogP contribution in [0.3, 0.4) is 0 Å². The van der Waals surface area contributed by atoms with E-state index in [4.69, 9.17) is 9.47 Å². The summed E-state index contributed by atoms with van der Waals surface area (Å²) >= 11 is 0. The fraction of sp³-hybridized carbons (Fsp3) is 0.588. The highest BCUT2D eigenvalue weighted by Crippen LogP contribution is 2.55. The quantitative estimate of drug-likeness (QED) is 0.802. The van der Waals surface area contributed by atoms with Crippen molar-refractivity contribution >= 4 is 5.97 Å². The third-order valence-electron chi connectivity index (χ3n) is 5.15. The average Bonchev–Trinajstić information content (AvgIpc) is 2.97. The van der Waals surface area contributed by atoms with E-state index in [0.29, 0.717) is 18.4 Å². The van der Waals surface area contributed by atoms with E-state index in [0.717, 1.165) is 36.2 Å². The highest BCUT2D eigenvalue weighted by molar-refractivity contribution is 5.94. The third-order valence-corrected chi connectivity index (χ3v) is 5.15. The molecule has 1 saturated carbocycles. The Bertz CT molecular complexity index is 640. The van der Waals surface area contributed by atoms with Gasteiger partial charge in [0.2, 0.25) is 0 Å². The summed E-state index contributed by atoms with van der Waals surface area (Å²) in [5, 5.41) is 0. The Morgan fingerprint density at radius 1 is 1.36 bits per heavy atom. The molecule has 116 valence electrons. The molecule has 4 rings (SSSR count). The molecule has 0 amide bonds. The van der Waals surface area contributed by atoms with Gasteiger partial charge in [0.25, 0.3) is 0 Å². The molecule has 0 radical (unpaired) electrons. The minimum atomic E-state index is -0.559. The van der Waals surface area contributed by atoms with Gasteiger partial charge in [0.15, 0.2) is 0 Å². The number of nitrogens with zero attached hydrogens (tertiary/aromatic N) is 2. The lowest BCUT2D eigenvalue weighted by Gasteiger charge is -2.38. The molecule has 2 fully saturated rings. The van der Waals surface area contributed by atoms with Gasteiger partial charge in [-0.15, -0.1) is 0 Å². The summed E-state index contributed by atoms with van der Waals surface area (Å²) in [6, 6.07) is 0.